The van der Waals surface area contributed by atoms with Crippen molar-refractivity contribution in [1.82, 2.24) is 0 Å². The van der Waals surface area contributed by atoms with Crippen LogP contribution in [0.1, 0.15) is 44.1 Å². The van der Waals surface area contributed by atoms with Crippen LogP contribution in [-0.2, 0) is 6.42 Å². The van der Waals surface area contributed by atoms with Gasteiger partial charge in [0, 0.05) is 6.04 Å². The van der Waals surface area contributed by atoms with Gasteiger partial charge in [0.1, 0.15) is 0 Å². The monoisotopic (exact) mass is 247 g/mol. The van der Waals surface area contributed by atoms with Gasteiger partial charge in [-0.1, -0.05) is 62.4 Å². The Morgan fingerprint density at radius 2 is 1.78 bits per heavy atom. The van der Waals surface area contributed by atoms with Gasteiger partial charge >= 0.3 is 0 Å². The predicted molar refractivity (Wildman–Crippen MR) is 75.3 cm³/mol. The fourth-order valence-corrected chi connectivity index (χ4v) is 2.97. The molecule has 0 spiro atoms. The quantitative estimate of drug-likeness (QED) is 0.840. The third kappa shape index (κ3) is 4.11. The summed E-state index contributed by atoms with van der Waals surface area (Å²) in [7, 11) is 0. The molecule has 100 valence electrons. The topological polar surface area (TPSA) is 46.2 Å². The summed E-state index contributed by atoms with van der Waals surface area (Å²) >= 11 is 0. The third-order valence-electron chi connectivity index (χ3n) is 4.11. The first-order valence-electron chi connectivity index (χ1n) is 7.23. The highest BCUT2D eigenvalue weighted by Gasteiger charge is 2.21. The van der Waals surface area contributed by atoms with Crippen molar-refractivity contribution in [3.8, 4) is 0 Å². The van der Waals surface area contributed by atoms with Crippen LogP contribution in [0.3, 0.4) is 0 Å². The zero-order chi connectivity index (χ0) is 12.8. The van der Waals surface area contributed by atoms with E-state index in [4.69, 9.17) is 5.73 Å². The minimum atomic E-state index is -0.408. The molecule has 0 aromatic heterocycles. The number of hydrogen-bond donors (Lipinski definition) is 2. The van der Waals surface area contributed by atoms with Crippen molar-refractivity contribution in [3.05, 3.63) is 35.9 Å². The van der Waals surface area contributed by atoms with E-state index >= 15 is 0 Å². The van der Waals surface area contributed by atoms with Crippen LogP contribution in [0, 0.1) is 5.92 Å². The molecule has 1 saturated carbocycles. The summed E-state index contributed by atoms with van der Waals surface area (Å²) in [5.41, 5.74) is 7.32. The Hall–Kier alpha value is -0.860. The molecule has 1 aliphatic carbocycles. The zero-order valence-electron chi connectivity index (χ0n) is 11.1. The van der Waals surface area contributed by atoms with E-state index in [1.165, 1.54) is 37.7 Å². The lowest BCUT2D eigenvalue weighted by Gasteiger charge is -2.27. The molecule has 1 unspecified atom stereocenters. The minimum absolute atomic E-state index is 0.0756. The Labute approximate surface area is 110 Å². The minimum Gasteiger partial charge on any atom is -0.391 e. The van der Waals surface area contributed by atoms with Crippen LogP contribution in [-0.4, -0.2) is 17.3 Å². The summed E-state index contributed by atoms with van der Waals surface area (Å²) < 4.78 is 0. The Kier molecular flexibility index (Phi) is 5.21. The zero-order valence-corrected chi connectivity index (χ0v) is 11.1. The second-order valence-corrected chi connectivity index (χ2v) is 5.66. The molecular formula is C16H25NO. The van der Waals surface area contributed by atoms with E-state index in [9.17, 15) is 5.11 Å². The Morgan fingerprint density at radius 1 is 1.11 bits per heavy atom. The van der Waals surface area contributed by atoms with Gasteiger partial charge in [0.25, 0.3) is 0 Å². The number of aliphatic hydroxyl groups excluding tert-OH is 1. The lowest BCUT2D eigenvalue weighted by molar-refractivity contribution is 0.126. The molecule has 0 saturated heterocycles. The van der Waals surface area contributed by atoms with Crippen molar-refractivity contribution in [2.45, 2.75) is 57.1 Å². The van der Waals surface area contributed by atoms with E-state index in [0.717, 1.165) is 12.3 Å². The van der Waals surface area contributed by atoms with E-state index in [2.05, 4.69) is 12.1 Å². The molecule has 0 aliphatic heterocycles. The molecule has 1 fully saturated rings. The fraction of sp³-hybridized carbons (Fsp3) is 0.625. The van der Waals surface area contributed by atoms with Gasteiger partial charge in [-0.2, -0.15) is 0 Å². The van der Waals surface area contributed by atoms with Crippen molar-refractivity contribution < 1.29 is 5.11 Å². The first kappa shape index (κ1) is 13.6. The first-order chi connectivity index (χ1) is 8.75. The largest absolute Gasteiger partial charge is 0.391 e. The van der Waals surface area contributed by atoms with Gasteiger partial charge in [-0.3, -0.25) is 0 Å². The van der Waals surface area contributed by atoms with Crippen LogP contribution >= 0.6 is 0 Å². The molecule has 1 aromatic carbocycles. The molecule has 0 bridgehead atoms. The molecule has 2 nitrogen and oxygen atoms in total. The molecule has 2 heteroatoms. The van der Waals surface area contributed by atoms with Gasteiger partial charge in [0.05, 0.1) is 6.10 Å². The molecule has 18 heavy (non-hydrogen) atoms. The number of nitrogens with two attached hydrogens (primary N) is 1. The summed E-state index contributed by atoms with van der Waals surface area (Å²) in [4.78, 5) is 0. The second-order valence-electron chi connectivity index (χ2n) is 5.66. The molecule has 2 atom stereocenters. The maximum atomic E-state index is 10.2. The Balaban J connectivity index is 1.79. The average Bonchev–Trinajstić information content (AvgIpc) is 2.41. The highest BCUT2D eigenvalue weighted by atomic mass is 16.3. The van der Waals surface area contributed by atoms with Crippen molar-refractivity contribution >= 4 is 0 Å². The number of aliphatic hydroxyl groups is 1. The first-order valence-corrected chi connectivity index (χ1v) is 7.23. The van der Waals surface area contributed by atoms with E-state index in [0.29, 0.717) is 6.42 Å². The van der Waals surface area contributed by atoms with E-state index in [1.807, 2.05) is 18.2 Å². The van der Waals surface area contributed by atoms with Gasteiger partial charge in [-0.15, -0.1) is 0 Å². The van der Waals surface area contributed by atoms with Crippen LogP contribution in [0.4, 0.5) is 0 Å². The highest BCUT2D eigenvalue weighted by Crippen LogP contribution is 2.27. The fourth-order valence-electron chi connectivity index (χ4n) is 2.97. The smallest absolute Gasteiger partial charge is 0.0731 e. The van der Waals surface area contributed by atoms with Crippen LogP contribution in [0.15, 0.2) is 30.3 Å². The highest BCUT2D eigenvalue weighted by molar-refractivity contribution is 5.15. The molecular weight excluding hydrogens is 222 g/mol. The van der Waals surface area contributed by atoms with Crippen molar-refractivity contribution in [2.75, 3.05) is 0 Å². The number of hydrogen-bond acceptors (Lipinski definition) is 2. The van der Waals surface area contributed by atoms with Crippen LogP contribution in [0.2, 0.25) is 0 Å². The lowest BCUT2D eigenvalue weighted by atomic mass is 9.83. The lowest BCUT2D eigenvalue weighted by Crippen LogP contribution is -2.38. The van der Waals surface area contributed by atoms with Crippen LogP contribution in [0.5, 0.6) is 0 Å². The summed E-state index contributed by atoms with van der Waals surface area (Å²) in [6.07, 6.45) is 7.89. The van der Waals surface area contributed by atoms with Crippen molar-refractivity contribution in [2.24, 2.45) is 11.7 Å². The van der Waals surface area contributed by atoms with Crippen LogP contribution in [0.25, 0.3) is 0 Å². The van der Waals surface area contributed by atoms with Crippen LogP contribution < -0.4 is 5.73 Å². The summed E-state index contributed by atoms with van der Waals surface area (Å²) in [6.45, 7) is 0. The van der Waals surface area contributed by atoms with Gasteiger partial charge in [-0.25, -0.2) is 0 Å². The molecule has 0 amide bonds. The predicted octanol–water partition coefficient (Wildman–Crippen LogP) is 2.89. The normalized spacial score (nSPS) is 20.6. The van der Waals surface area contributed by atoms with E-state index in [-0.39, 0.29) is 6.04 Å². The van der Waals surface area contributed by atoms with Gasteiger partial charge in [0.2, 0.25) is 0 Å². The molecule has 1 aliphatic rings. The maximum Gasteiger partial charge on any atom is 0.0731 e. The summed E-state index contributed by atoms with van der Waals surface area (Å²) in [5.74, 6) is 0.735. The molecule has 3 N–H and O–H groups in total. The van der Waals surface area contributed by atoms with Crippen molar-refractivity contribution in [3.63, 3.8) is 0 Å². The maximum absolute atomic E-state index is 10.2. The number of benzene rings is 1. The SMILES string of the molecule is N[C@@H](CC1CCCCC1)C(O)Cc1ccccc1. The van der Waals surface area contributed by atoms with E-state index < -0.39 is 6.10 Å². The molecule has 0 heterocycles. The summed E-state index contributed by atoms with van der Waals surface area (Å²) in [5, 5.41) is 10.2. The third-order valence-corrected chi connectivity index (χ3v) is 4.11. The Bertz CT molecular complexity index is 332. The molecule has 2 rings (SSSR count). The van der Waals surface area contributed by atoms with Gasteiger partial charge < -0.3 is 10.8 Å². The molecule has 1 aromatic rings. The summed E-state index contributed by atoms with van der Waals surface area (Å²) in [6, 6.07) is 10.0. The average molecular weight is 247 g/mol. The second kappa shape index (κ2) is 6.91. The molecule has 0 radical (unpaired) electrons. The standard InChI is InChI=1S/C16H25NO/c17-15(11-13-7-3-1-4-8-13)16(18)12-14-9-5-2-6-10-14/h2,5-6,9-10,13,15-16,18H,1,3-4,7-8,11-12,17H2/t15-,16?/m0/s1. The number of rotatable bonds is 5. The van der Waals surface area contributed by atoms with Gasteiger partial charge in [-0.05, 0) is 24.3 Å². The van der Waals surface area contributed by atoms with E-state index in [1.54, 1.807) is 0 Å². The Morgan fingerprint density at radius 3 is 2.44 bits per heavy atom. The van der Waals surface area contributed by atoms with Gasteiger partial charge in [0.15, 0.2) is 0 Å². The van der Waals surface area contributed by atoms with Crippen molar-refractivity contribution in [1.29, 1.82) is 0 Å².